The Hall–Kier alpha value is -2.77. The maximum absolute atomic E-state index is 13.2. The molecule has 0 saturated heterocycles. The summed E-state index contributed by atoms with van der Waals surface area (Å²) in [5, 5.41) is 15.3. The summed E-state index contributed by atoms with van der Waals surface area (Å²) < 4.78 is 5.20. The summed E-state index contributed by atoms with van der Waals surface area (Å²) >= 11 is 0. The molecule has 0 aromatic heterocycles. The average molecular weight is 450 g/mol. The molecule has 0 aliphatic rings. The van der Waals surface area contributed by atoms with Gasteiger partial charge in [-0.25, -0.2) is 4.79 Å². The van der Waals surface area contributed by atoms with E-state index in [4.69, 9.17) is 4.74 Å². The van der Waals surface area contributed by atoms with E-state index < -0.39 is 23.6 Å². The predicted octanol–water partition coefficient (Wildman–Crippen LogP) is 3.81. The highest BCUT2D eigenvalue weighted by Crippen LogP contribution is 2.28. The maximum Gasteiger partial charge on any atom is 0.408 e. The molecule has 1 rings (SSSR count). The fourth-order valence-corrected chi connectivity index (χ4v) is 3.25. The number of alkyl carbamates (subject to hydrolysis) is 1. The number of aryl methyl sites for hydroxylation is 1. The van der Waals surface area contributed by atoms with Crippen molar-refractivity contribution in [1.29, 1.82) is 0 Å². The topological polar surface area (TPSA) is 108 Å². The largest absolute Gasteiger partial charge is 0.508 e. The van der Waals surface area contributed by atoms with Gasteiger partial charge >= 0.3 is 6.09 Å². The zero-order valence-electron chi connectivity index (χ0n) is 20.4. The lowest BCUT2D eigenvalue weighted by Crippen LogP contribution is -2.50. The molecule has 3 amide bonds. The number of unbranched alkanes of at least 4 members (excludes halogenated alkanes) is 2. The number of phenolic OH excluding ortho intramolecular Hbond substituents is 1. The molecule has 32 heavy (non-hydrogen) atoms. The smallest absolute Gasteiger partial charge is 0.408 e. The van der Waals surface area contributed by atoms with E-state index in [2.05, 4.69) is 17.6 Å². The molecule has 0 aliphatic carbocycles. The first-order valence-electron chi connectivity index (χ1n) is 11.2. The molecule has 8 nitrogen and oxygen atoms in total. The first-order chi connectivity index (χ1) is 14.9. The lowest BCUT2D eigenvalue weighted by atomic mass is 9.99. The van der Waals surface area contributed by atoms with Gasteiger partial charge in [0.15, 0.2) is 0 Å². The van der Waals surface area contributed by atoms with Crippen LogP contribution in [0, 0.1) is 6.92 Å². The van der Waals surface area contributed by atoms with Crippen LogP contribution in [-0.4, -0.2) is 52.6 Å². The second kappa shape index (κ2) is 12.3. The lowest BCUT2D eigenvalue weighted by molar-refractivity contribution is -0.142. The molecule has 1 unspecified atom stereocenters. The van der Waals surface area contributed by atoms with Crippen LogP contribution in [0.5, 0.6) is 5.75 Å². The van der Waals surface area contributed by atoms with Gasteiger partial charge in [-0.15, -0.1) is 0 Å². The molecule has 0 radical (unpaired) electrons. The highest BCUT2D eigenvalue weighted by atomic mass is 16.6. The highest BCUT2D eigenvalue weighted by molar-refractivity contribution is 5.90. The zero-order valence-corrected chi connectivity index (χ0v) is 20.4. The zero-order chi connectivity index (χ0) is 24.5. The monoisotopic (exact) mass is 449 g/mol. The molecule has 8 heteroatoms. The number of carbonyl (C=O) groups excluding carboxylic acids is 3. The fourth-order valence-electron chi connectivity index (χ4n) is 3.25. The summed E-state index contributed by atoms with van der Waals surface area (Å²) in [6.07, 6.45) is 2.18. The number of nitrogens with one attached hydrogen (secondary N) is 2. The molecular weight excluding hydrogens is 410 g/mol. The van der Waals surface area contributed by atoms with Gasteiger partial charge in [-0.1, -0.05) is 25.8 Å². The Morgan fingerprint density at radius 3 is 2.31 bits per heavy atom. The Morgan fingerprint density at radius 1 is 1.12 bits per heavy atom. The number of hydrogen-bond acceptors (Lipinski definition) is 5. The van der Waals surface area contributed by atoms with Crippen molar-refractivity contribution in [2.24, 2.45) is 0 Å². The first-order valence-corrected chi connectivity index (χ1v) is 11.2. The van der Waals surface area contributed by atoms with Gasteiger partial charge in [0.2, 0.25) is 11.8 Å². The normalized spacial score (nSPS) is 12.2. The van der Waals surface area contributed by atoms with E-state index in [9.17, 15) is 19.5 Å². The molecule has 0 aliphatic heterocycles. The summed E-state index contributed by atoms with van der Waals surface area (Å²) in [6, 6.07) is 3.65. The summed E-state index contributed by atoms with van der Waals surface area (Å²) in [5.74, 6) is -0.597. The number of benzene rings is 1. The van der Waals surface area contributed by atoms with Crippen molar-refractivity contribution in [2.75, 3.05) is 13.1 Å². The molecule has 0 fully saturated rings. The number of phenols is 1. The van der Waals surface area contributed by atoms with Crippen molar-refractivity contribution in [1.82, 2.24) is 15.5 Å². The molecule has 3 N–H and O–H groups in total. The number of carbonyl (C=O) groups is 3. The van der Waals surface area contributed by atoms with E-state index in [1.165, 1.54) is 11.0 Å². The number of hydrogen-bond donors (Lipinski definition) is 3. The Morgan fingerprint density at radius 2 is 1.78 bits per heavy atom. The van der Waals surface area contributed by atoms with E-state index in [1.807, 2.05) is 13.8 Å². The van der Waals surface area contributed by atoms with E-state index >= 15 is 0 Å². The van der Waals surface area contributed by atoms with E-state index in [0.717, 1.165) is 19.3 Å². The van der Waals surface area contributed by atoms with Crippen LogP contribution in [0.3, 0.4) is 0 Å². The van der Waals surface area contributed by atoms with Gasteiger partial charge in [-0.2, -0.15) is 0 Å². The number of rotatable bonds is 10. The SMILES string of the molecule is CCCCCNC(=O)C(c1ccc(O)c(C)c1)N(C(=O)CNC(=O)OC(C)(C)C)C(C)C. The molecule has 0 heterocycles. The maximum atomic E-state index is 13.2. The Balaban J connectivity index is 3.14. The standard InChI is InChI=1S/C24H39N3O5/c1-8-9-10-13-25-22(30)21(18-11-12-19(28)17(4)14-18)27(16(2)3)20(29)15-26-23(31)32-24(5,6)7/h11-12,14,16,21,28H,8-10,13,15H2,1-7H3,(H,25,30)(H,26,31). The minimum atomic E-state index is -0.899. The van der Waals surface area contributed by atoms with Crippen LogP contribution < -0.4 is 10.6 Å². The van der Waals surface area contributed by atoms with Crippen LogP contribution >= 0.6 is 0 Å². The fraction of sp³-hybridized carbons (Fsp3) is 0.625. The number of aromatic hydroxyl groups is 1. The van der Waals surface area contributed by atoms with Crippen molar-refractivity contribution < 1.29 is 24.2 Å². The van der Waals surface area contributed by atoms with Crippen LogP contribution in [0.2, 0.25) is 0 Å². The second-order valence-electron chi connectivity index (χ2n) is 9.20. The molecule has 180 valence electrons. The summed E-state index contributed by atoms with van der Waals surface area (Å²) in [6.45, 7) is 12.9. The average Bonchev–Trinajstić information content (AvgIpc) is 2.68. The van der Waals surface area contributed by atoms with Gasteiger partial charge < -0.3 is 25.4 Å². The van der Waals surface area contributed by atoms with Crippen molar-refractivity contribution in [3.8, 4) is 5.75 Å². The van der Waals surface area contributed by atoms with Crippen molar-refractivity contribution in [3.05, 3.63) is 29.3 Å². The molecule has 0 bridgehead atoms. The third-order valence-electron chi connectivity index (χ3n) is 4.77. The van der Waals surface area contributed by atoms with Crippen molar-refractivity contribution in [2.45, 2.75) is 85.4 Å². The van der Waals surface area contributed by atoms with Gasteiger partial charge in [0.05, 0.1) is 0 Å². The quantitative estimate of drug-likeness (QED) is 0.471. The van der Waals surface area contributed by atoms with Gasteiger partial charge in [0.1, 0.15) is 23.9 Å². The van der Waals surface area contributed by atoms with Crippen LogP contribution in [0.15, 0.2) is 18.2 Å². The highest BCUT2D eigenvalue weighted by Gasteiger charge is 2.33. The van der Waals surface area contributed by atoms with E-state index in [0.29, 0.717) is 17.7 Å². The molecule has 0 spiro atoms. The number of amides is 3. The number of nitrogens with zero attached hydrogens (tertiary/aromatic N) is 1. The third kappa shape index (κ3) is 8.77. The van der Waals surface area contributed by atoms with Gasteiger partial charge in [0, 0.05) is 12.6 Å². The summed E-state index contributed by atoms with van der Waals surface area (Å²) in [7, 11) is 0. The minimum Gasteiger partial charge on any atom is -0.508 e. The van der Waals surface area contributed by atoms with Crippen molar-refractivity contribution >= 4 is 17.9 Å². The van der Waals surface area contributed by atoms with Crippen molar-refractivity contribution in [3.63, 3.8) is 0 Å². The predicted molar refractivity (Wildman–Crippen MR) is 124 cm³/mol. The van der Waals surface area contributed by atoms with Crippen LogP contribution in [0.4, 0.5) is 4.79 Å². The summed E-state index contributed by atoms with van der Waals surface area (Å²) in [5.41, 5.74) is 0.511. The Kier molecular flexibility index (Phi) is 10.5. The van der Waals surface area contributed by atoms with Gasteiger partial charge in [0.25, 0.3) is 0 Å². The Bertz CT molecular complexity index is 786. The molecule has 0 saturated carbocycles. The molecule has 1 aromatic carbocycles. The molecular formula is C24H39N3O5. The van der Waals surface area contributed by atoms with Crippen LogP contribution in [-0.2, 0) is 14.3 Å². The minimum absolute atomic E-state index is 0.116. The van der Waals surface area contributed by atoms with E-state index in [1.54, 1.807) is 39.8 Å². The third-order valence-corrected chi connectivity index (χ3v) is 4.77. The first kappa shape index (κ1) is 27.3. The van der Waals surface area contributed by atoms with Gasteiger partial charge in [-0.05, 0) is 71.2 Å². The van der Waals surface area contributed by atoms with E-state index in [-0.39, 0.29) is 24.2 Å². The van der Waals surface area contributed by atoms with Crippen LogP contribution in [0.25, 0.3) is 0 Å². The molecule has 1 aromatic rings. The Labute approximate surface area is 191 Å². The van der Waals surface area contributed by atoms with Gasteiger partial charge in [-0.3, -0.25) is 9.59 Å². The lowest BCUT2D eigenvalue weighted by Gasteiger charge is -2.35. The summed E-state index contributed by atoms with van der Waals surface area (Å²) in [4.78, 5) is 39.8. The number of ether oxygens (including phenoxy) is 1. The second-order valence-corrected chi connectivity index (χ2v) is 9.20. The molecule has 1 atom stereocenters. The van der Waals surface area contributed by atoms with Crippen LogP contribution in [0.1, 0.15) is 78.0 Å².